The Morgan fingerprint density at radius 2 is 1.38 bits per heavy atom. The van der Waals surface area contributed by atoms with Crippen LogP contribution < -0.4 is 0 Å². The summed E-state index contributed by atoms with van der Waals surface area (Å²) >= 11 is 1.96. The Hall–Kier alpha value is -2.90. The van der Waals surface area contributed by atoms with Crippen molar-refractivity contribution in [3.63, 3.8) is 0 Å². The SMILES string of the molecule is CC(C)Cc1ccc2sc3c(-c4ccc5c(c4)-c4ccccc4C5)cc(CC(C)C)cc3c2c1. The van der Waals surface area contributed by atoms with Gasteiger partial charge in [-0.25, -0.2) is 0 Å². The summed E-state index contributed by atoms with van der Waals surface area (Å²) in [5.74, 6) is 1.31. The molecule has 0 nitrogen and oxygen atoms in total. The molecule has 34 heavy (non-hydrogen) atoms. The van der Waals surface area contributed by atoms with E-state index in [4.69, 9.17) is 0 Å². The minimum Gasteiger partial charge on any atom is -0.135 e. The fourth-order valence-corrected chi connectivity index (χ4v) is 6.88. The average molecular weight is 461 g/mol. The zero-order valence-electron chi connectivity index (χ0n) is 20.6. The highest BCUT2D eigenvalue weighted by atomic mass is 32.1. The monoisotopic (exact) mass is 460 g/mol. The molecule has 0 saturated carbocycles. The minimum absolute atomic E-state index is 0.638. The van der Waals surface area contributed by atoms with Crippen LogP contribution in [0, 0.1) is 11.8 Å². The van der Waals surface area contributed by atoms with Crippen molar-refractivity contribution in [3.8, 4) is 22.3 Å². The van der Waals surface area contributed by atoms with Crippen molar-refractivity contribution in [3.05, 3.63) is 95.1 Å². The number of thiophene rings is 1. The van der Waals surface area contributed by atoms with E-state index in [2.05, 4.69) is 100 Å². The average Bonchev–Trinajstić information content (AvgIpc) is 3.35. The van der Waals surface area contributed by atoms with Crippen molar-refractivity contribution >= 4 is 31.5 Å². The normalized spacial score (nSPS) is 12.8. The molecule has 0 saturated heterocycles. The van der Waals surface area contributed by atoms with Crippen LogP contribution in [0.1, 0.15) is 49.9 Å². The molecule has 0 atom stereocenters. The lowest BCUT2D eigenvalue weighted by Gasteiger charge is -2.12. The highest BCUT2D eigenvalue weighted by molar-refractivity contribution is 7.26. The lowest BCUT2D eigenvalue weighted by Crippen LogP contribution is -1.95. The third-order valence-electron chi connectivity index (χ3n) is 7.09. The molecule has 1 heterocycles. The first kappa shape index (κ1) is 21.6. The van der Waals surface area contributed by atoms with Crippen LogP contribution in [0.2, 0.25) is 0 Å². The van der Waals surface area contributed by atoms with Crippen molar-refractivity contribution in [1.82, 2.24) is 0 Å². The first-order chi connectivity index (χ1) is 16.5. The number of rotatable bonds is 5. The van der Waals surface area contributed by atoms with Crippen molar-refractivity contribution in [2.45, 2.75) is 47.0 Å². The topological polar surface area (TPSA) is 0 Å². The molecular formula is C33H32S. The van der Waals surface area contributed by atoms with Gasteiger partial charge in [0.05, 0.1) is 0 Å². The predicted molar refractivity (Wildman–Crippen MR) is 150 cm³/mol. The molecule has 0 amide bonds. The highest BCUT2D eigenvalue weighted by Gasteiger charge is 2.20. The molecule has 0 aliphatic heterocycles. The number of hydrogen-bond donors (Lipinski definition) is 0. The van der Waals surface area contributed by atoms with Gasteiger partial charge in [-0.1, -0.05) is 70.2 Å². The lowest BCUT2D eigenvalue weighted by atomic mass is 9.93. The van der Waals surface area contributed by atoms with Gasteiger partial charge in [-0.2, -0.15) is 0 Å². The predicted octanol–water partition coefficient (Wildman–Crippen LogP) is 9.69. The van der Waals surface area contributed by atoms with Gasteiger partial charge in [0, 0.05) is 20.2 Å². The minimum atomic E-state index is 0.638. The number of fused-ring (bicyclic) bond motifs is 6. The van der Waals surface area contributed by atoms with Crippen LogP contribution in [0.3, 0.4) is 0 Å². The molecule has 170 valence electrons. The Morgan fingerprint density at radius 1 is 0.647 bits per heavy atom. The van der Waals surface area contributed by atoms with E-state index in [0.29, 0.717) is 11.8 Å². The molecule has 0 N–H and O–H groups in total. The van der Waals surface area contributed by atoms with Gasteiger partial charge in [0.25, 0.3) is 0 Å². The second-order valence-corrected chi connectivity index (χ2v) is 11.9. The summed E-state index contributed by atoms with van der Waals surface area (Å²) in [6.45, 7) is 9.26. The Balaban J connectivity index is 1.57. The smallest absolute Gasteiger partial charge is 0.0434 e. The Kier molecular flexibility index (Phi) is 5.34. The van der Waals surface area contributed by atoms with E-state index in [1.54, 1.807) is 0 Å². The van der Waals surface area contributed by atoms with E-state index >= 15 is 0 Å². The highest BCUT2D eigenvalue weighted by Crippen LogP contribution is 2.44. The standard InChI is InChI=1S/C33H32S/c1-20(2)13-22-9-12-32-30(15-22)31-17-23(14-21(3)4)16-29(33(31)34-32)26-11-10-25-18-24-7-5-6-8-27(24)28(25)19-26/h5-12,15-17,19-21H,13-14,18H2,1-4H3. The van der Waals surface area contributed by atoms with Crippen LogP contribution in [-0.4, -0.2) is 0 Å². The third-order valence-corrected chi connectivity index (χ3v) is 8.31. The van der Waals surface area contributed by atoms with E-state index in [9.17, 15) is 0 Å². The van der Waals surface area contributed by atoms with Gasteiger partial charge in [-0.3, -0.25) is 0 Å². The fraction of sp³-hybridized carbons (Fsp3) is 0.273. The first-order valence-corrected chi connectivity index (χ1v) is 13.5. The fourth-order valence-electron chi connectivity index (χ4n) is 5.68. The largest absolute Gasteiger partial charge is 0.135 e. The Morgan fingerprint density at radius 3 is 2.21 bits per heavy atom. The molecule has 0 radical (unpaired) electrons. The molecular weight excluding hydrogens is 428 g/mol. The van der Waals surface area contributed by atoms with Gasteiger partial charge in [-0.15, -0.1) is 11.3 Å². The van der Waals surface area contributed by atoms with Crippen molar-refractivity contribution < 1.29 is 0 Å². The van der Waals surface area contributed by atoms with Crippen LogP contribution in [0.4, 0.5) is 0 Å². The van der Waals surface area contributed by atoms with Gasteiger partial charge in [-0.05, 0) is 106 Å². The van der Waals surface area contributed by atoms with E-state index in [0.717, 1.165) is 19.3 Å². The molecule has 1 aliphatic rings. The molecule has 0 spiro atoms. The molecule has 0 unspecified atom stereocenters. The summed E-state index contributed by atoms with van der Waals surface area (Å²) in [7, 11) is 0. The van der Waals surface area contributed by atoms with Crippen LogP contribution in [0.25, 0.3) is 42.4 Å². The first-order valence-electron chi connectivity index (χ1n) is 12.7. The third kappa shape index (κ3) is 3.77. The summed E-state index contributed by atoms with van der Waals surface area (Å²) in [6.07, 6.45) is 3.30. The van der Waals surface area contributed by atoms with Gasteiger partial charge in [0.1, 0.15) is 0 Å². The number of hydrogen-bond acceptors (Lipinski definition) is 1. The second kappa shape index (κ2) is 8.40. The Labute approximate surface area is 207 Å². The van der Waals surface area contributed by atoms with Crippen molar-refractivity contribution in [1.29, 1.82) is 0 Å². The zero-order valence-corrected chi connectivity index (χ0v) is 21.4. The van der Waals surface area contributed by atoms with Crippen molar-refractivity contribution in [2.24, 2.45) is 11.8 Å². The van der Waals surface area contributed by atoms with E-state index in [1.807, 2.05) is 11.3 Å². The summed E-state index contributed by atoms with van der Waals surface area (Å²) in [5, 5.41) is 2.86. The van der Waals surface area contributed by atoms with Crippen LogP contribution in [0.5, 0.6) is 0 Å². The molecule has 0 bridgehead atoms. The maximum Gasteiger partial charge on any atom is 0.0434 e. The molecule has 1 heteroatoms. The van der Waals surface area contributed by atoms with Crippen LogP contribution >= 0.6 is 11.3 Å². The van der Waals surface area contributed by atoms with E-state index in [1.165, 1.54) is 64.7 Å². The van der Waals surface area contributed by atoms with Crippen LogP contribution in [0.15, 0.2) is 72.8 Å². The molecule has 1 aromatic heterocycles. The van der Waals surface area contributed by atoms with E-state index in [-0.39, 0.29) is 0 Å². The zero-order chi connectivity index (χ0) is 23.4. The second-order valence-electron chi connectivity index (χ2n) is 10.9. The maximum absolute atomic E-state index is 2.47. The molecule has 6 rings (SSSR count). The van der Waals surface area contributed by atoms with Crippen LogP contribution in [-0.2, 0) is 19.3 Å². The summed E-state index contributed by atoms with van der Waals surface area (Å²) < 4.78 is 2.83. The quantitative estimate of drug-likeness (QED) is 0.240. The van der Waals surface area contributed by atoms with Gasteiger partial charge >= 0.3 is 0 Å². The molecule has 1 aliphatic carbocycles. The van der Waals surface area contributed by atoms with Gasteiger partial charge in [0.15, 0.2) is 0 Å². The number of benzene rings is 4. The maximum atomic E-state index is 2.47. The van der Waals surface area contributed by atoms with Gasteiger partial charge in [0.2, 0.25) is 0 Å². The lowest BCUT2D eigenvalue weighted by molar-refractivity contribution is 0.647. The summed E-state index contributed by atoms with van der Waals surface area (Å²) in [4.78, 5) is 0. The molecule has 5 aromatic rings. The summed E-state index contributed by atoms with van der Waals surface area (Å²) in [6, 6.07) is 28.1. The summed E-state index contributed by atoms with van der Waals surface area (Å²) in [5.41, 5.74) is 11.4. The molecule has 4 aromatic carbocycles. The van der Waals surface area contributed by atoms with E-state index < -0.39 is 0 Å². The Bertz CT molecular complexity index is 1530. The van der Waals surface area contributed by atoms with Crippen molar-refractivity contribution in [2.75, 3.05) is 0 Å². The van der Waals surface area contributed by atoms with Gasteiger partial charge < -0.3 is 0 Å². The molecule has 0 fully saturated rings.